The van der Waals surface area contributed by atoms with E-state index in [9.17, 15) is 14.4 Å². The highest BCUT2D eigenvalue weighted by Gasteiger charge is 2.54. The molecule has 6 nitrogen and oxygen atoms in total. The quantitative estimate of drug-likeness (QED) is 0.630. The monoisotopic (exact) mass is 295 g/mol. The minimum atomic E-state index is -0.829. The number of amides is 3. The molecule has 2 aliphatic rings. The van der Waals surface area contributed by atoms with Crippen molar-refractivity contribution in [1.82, 2.24) is 15.2 Å². The number of nitrogens with zero attached hydrogens (tertiary/aromatic N) is 2. The van der Waals surface area contributed by atoms with Gasteiger partial charge in [0.05, 0.1) is 5.52 Å². The summed E-state index contributed by atoms with van der Waals surface area (Å²) in [6.45, 7) is 0. The molecule has 1 unspecified atom stereocenters. The van der Waals surface area contributed by atoms with Crippen molar-refractivity contribution < 1.29 is 14.4 Å². The van der Waals surface area contributed by atoms with Crippen molar-refractivity contribution in [2.45, 2.75) is 18.4 Å². The van der Waals surface area contributed by atoms with Gasteiger partial charge in [-0.15, -0.1) is 0 Å². The maximum atomic E-state index is 12.2. The van der Waals surface area contributed by atoms with Crippen LogP contribution < -0.4 is 5.32 Å². The van der Waals surface area contributed by atoms with Crippen LogP contribution in [0.4, 0.5) is 4.79 Å². The van der Waals surface area contributed by atoms with E-state index in [1.807, 2.05) is 12.1 Å². The predicted octanol–water partition coefficient (Wildman–Crippen LogP) is 1.07. The lowest BCUT2D eigenvalue weighted by Gasteiger charge is -2.27. The van der Waals surface area contributed by atoms with Crippen LogP contribution in [0.5, 0.6) is 0 Å². The van der Waals surface area contributed by atoms with E-state index in [1.165, 1.54) is 11.1 Å². The molecule has 6 heteroatoms. The molecule has 4 rings (SSSR count). The van der Waals surface area contributed by atoms with Crippen LogP contribution in [0.3, 0.4) is 0 Å². The molecule has 1 aliphatic heterocycles. The van der Waals surface area contributed by atoms with E-state index < -0.39 is 5.54 Å². The van der Waals surface area contributed by atoms with Gasteiger partial charge in [0.15, 0.2) is 6.29 Å². The third-order valence-corrected chi connectivity index (χ3v) is 4.72. The van der Waals surface area contributed by atoms with Crippen molar-refractivity contribution in [3.05, 3.63) is 41.1 Å². The third kappa shape index (κ3) is 1.55. The molecule has 22 heavy (non-hydrogen) atoms. The number of carbonyl (C=O) groups is 3. The van der Waals surface area contributed by atoms with Gasteiger partial charge in [0.1, 0.15) is 5.54 Å². The van der Waals surface area contributed by atoms with Crippen molar-refractivity contribution in [2.75, 3.05) is 7.05 Å². The van der Waals surface area contributed by atoms with E-state index >= 15 is 0 Å². The molecule has 0 saturated carbocycles. The Balaban J connectivity index is 1.84. The van der Waals surface area contributed by atoms with Crippen molar-refractivity contribution in [1.29, 1.82) is 0 Å². The lowest BCUT2D eigenvalue weighted by molar-refractivity contribution is -0.125. The molecule has 2 aromatic rings. The Bertz CT molecular complexity index is 861. The lowest BCUT2D eigenvalue weighted by atomic mass is 9.95. The van der Waals surface area contributed by atoms with Crippen LogP contribution in [0.25, 0.3) is 10.9 Å². The van der Waals surface area contributed by atoms with E-state index in [0.717, 1.165) is 28.3 Å². The fourth-order valence-corrected chi connectivity index (χ4v) is 3.41. The fourth-order valence-electron chi connectivity index (χ4n) is 3.41. The summed E-state index contributed by atoms with van der Waals surface area (Å²) in [4.78, 5) is 40.7. The van der Waals surface area contributed by atoms with Gasteiger partial charge in [-0.3, -0.25) is 19.9 Å². The highest BCUT2D eigenvalue weighted by Crippen LogP contribution is 2.38. The van der Waals surface area contributed by atoms with Crippen LogP contribution in [0.15, 0.2) is 24.4 Å². The fraction of sp³-hybridized carbons (Fsp3) is 0.250. The molecular formula is C16H13N3O3. The lowest BCUT2D eigenvalue weighted by Crippen LogP contribution is -2.48. The molecule has 0 bridgehead atoms. The van der Waals surface area contributed by atoms with Gasteiger partial charge < -0.3 is 4.90 Å². The highest BCUT2D eigenvalue weighted by molar-refractivity contribution is 6.08. The van der Waals surface area contributed by atoms with E-state index in [1.54, 1.807) is 13.1 Å². The number of hydrogen-bond acceptors (Lipinski definition) is 4. The molecular weight excluding hydrogens is 282 g/mol. The first-order chi connectivity index (χ1) is 10.5. The second-order valence-corrected chi connectivity index (χ2v) is 5.90. The smallest absolute Gasteiger partial charge is 0.312 e. The first kappa shape index (κ1) is 12.9. The number of pyridine rings is 1. The standard InChI is InChI=1S/C16H13N3O3/c1-19-15(22)18-14(21)16(19)5-11-3-10-2-9(8-20)7-17-13(10)4-12(11)6-16/h2-4,7-8H,5-6H2,1H3,(H,18,21,22). The molecule has 0 radical (unpaired) electrons. The molecule has 1 spiro atoms. The molecule has 1 aliphatic carbocycles. The Labute approximate surface area is 126 Å². The summed E-state index contributed by atoms with van der Waals surface area (Å²) in [5, 5.41) is 3.25. The molecule has 1 aromatic carbocycles. The first-order valence-electron chi connectivity index (χ1n) is 6.99. The average Bonchev–Trinajstić information content (AvgIpc) is 2.98. The second kappa shape index (κ2) is 4.13. The number of hydrogen-bond donors (Lipinski definition) is 1. The number of aldehydes is 1. The maximum absolute atomic E-state index is 12.2. The Hall–Kier alpha value is -2.76. The summed E-state index contributed by atoms with van der Waals surface area (Å²) in [6.07, 6.45) is 3.27. The summed E-state index contributed by atoms with van der Waals surface area (Å²) >= 11 is 0. The molecule has 110 valence electrons. The topological polar surface area (TPSA) is 79.4 Å². The van der Waals surface area contributed by atoms with Gasteiger partial charge in [-0.2, -0.15) is 0 Å². The SMILES string of the molecule is CN1C(=O)NC(=O)C12Cc1cc3cc(C=O)cnc3cc1C2. The second-order valence-electron chi connectivity index (χ2n) is 5.90. The summed E-state index contributed by atoms with van der Waals surface area (Å²) in [6, 6.07) is 5.33. The molecule has 1 aromatic heterocycles. The average molecular weight is 295 g/mol. The van der Waals surface area contributed by atoms with Crippen LogP contribution in [0, 0.1) is 0 Å². The number of rotatable bonds is 1. The van der Waals surface area contributed by atoms with Gasteiger partial charge in [-0.25, -0.2) is 4.79 Å². The van der Waals surface area contributed by atoms with Crippen LogP contribution in [-0.4, -0.2) is 40.7 Å². The number of imide groups is 1. The Morgan fingerprint density at radius 3 is 2.59 bits per heavy atom. The van der Waals surface area contributed by atoms with Crippen molar-refractivity contribution in [3.63, 3.8) is 0 Å². The van der Waals surface area contributed by atoms with Crippen molar-refractivity contribution >= 4 is 29.1 Å². The van der Waals surface area contributed by atoms with Crippen LogP contribution in [-0.2, 0) is 17.6 Å². The highest BCUT2D eigenvalue weighted by atomic mass is 16.2. The van der Waals surface area contributed by atoms with Crippen LogP contribution >= 0.6 is 0 Å². The summed E-state index contributed by atoms with van der Waals surface area (Å²) in [5.41, 5.74) is 2.52. The number of carbonyl (C=O) groups excluding carboxylic acids is 3. The van der Waals surface area contributed by atoms with E-state index in [0.29, 0.717) is 18.4 Å². The largest absolute Gasteiger partial charge is 0.324 e. The normalized spacial score (nSPS) is 23.2. The summed E-state index contributed by atoms with van der Waals surface area (Å²) in [7, 11) is 1.65. The van der Waals surface area contributed by atoms with Crippen molar-refractivity contribution in [3.8, 4) is 0 Å². The van der Waals surface area contributed by atoms with E-state index in [-0.39, 0.29) is 11.9 Å². The van der Waals surface area contributed by atoms with Gasteiger partial charge in [0, 0.05) is 37.0 Å². The molecule has 1 atom stereocenters. The Kier molecular flexibility index (Phi) is 2.43. The molecule has 2 heterocycles. The number of urea groups is 1. The van der Waals surface area contributed by atoms with Gasteiger partial charge in [-0.05, 0) is 29.3 Å². The number of nitrogens with one attached hydrogen (secondary N) is 1. The summed E-state index contributed by atoms with van der Waals surface area (Å²) in [5.74, 6) is -0.248. The van der Waals surface area contributed by atoms with Gasteiger partial charge in [-0.1, -0.05) is 0 Å². The zero-order valence-corrected chi connectivity index (χ0v) is 11.9. The molecule has 3 amide bonds. The Morgan fingerprint density at radius 1 is 1.23 bits per heavy atom. The molecule has 1 fully saturated rings. The third-order valence-electron chi connectivity index (χ3n) is 4.72. The minimum absolute atomic E-state index is 0.248. The van der Waals surface area contributed by atoms with Gasteiger partial charge >= 0.3 is 6.03 Å². The predicted molar refractivity (Wildman–Crippen MR) is 78.6 cm³/mol. The number of fused-ring (bicyclic) bond motifs is 2. The molecule has 1 N–H and O–H groups in total. The number of aromatic nitrogens is 1. The first-order valence-corrected chi connectivity index (χ1v) is 6.99. The van der Waals surface area contributed by atoms with Crippen LogP contribution in [0.1, 0.15) is 21.5 Å². The van der Waals surface area contributed by atoms with E-state index in [2.05, 4.69) is 10.3 Å². The van der Waals surface area contributed by atoms with E-state index in [4.69, 9.17) is 0 Å². The molecule has 1 saturated heterocycles. The minimum Gasteiger partial charge on any atom is -0.312 e. The zero-order valence-electron chi connectivity index (χ0n) is 11.9. The van der Waals surface area contributed by atoms with Crippen molar-refractivity contribution in [2.24, 2.45) is 0 Å². The number of likely N-dealkylation sites (N-methyl/N-ethyl adjacent to an activating group) is 1. The Morgan fingerprint density at radius 2 is 1.95 bits per heavy atom. The van der Waals surface area contributed by atoms with Gasteiger partial charge in [0.2, 0.25) is 0 Å². The van der Waals surface area contributed by atoms with Gasteiger partial charge in [0.25, 0.3) is 5.91 Å². The zero-order chi connectivity index (χ0) is 15.5. The maximum Gasteiger partial charge on any atom is 0.324 e. The number of benzene rings is 1. The summed E-state index contributed by atoms with van der Waals surface area (Å²) < 4.78 is 0. The van der Waals surface area contributed by atoms with Crippen LogP contribution in [0.2, 0.25) is 0 Å².